The summed E-state index contributed by atoms with van der Waals surface area (Å²) in [4.78, 5) is 2.29. The van der Waals surface area contributed by atoms with Crippen molar-refractivity contribution >= 4 is 28.7 Å². The van der Waals surface area contributed by atoms with Crippen molar-refractivity contribution in [3.05, 3.63) is 59.7 Å². The van der Waals surface area contributed by atoms with Crippen LogP contribution < -0.4 is 15.5 Å². The largest absolute Gasteiger partial charge is 0.378 e. The number of nitrogens with one attached hydrogen (secondary N) is 2. The van der Waals surface area contributed by atoms with Crippen molar-refractivity contribution in [3.8, 4) is 0 Å². The minimum absolute atomic E-state index is 0.0287. The van der Waals surface area contributed by atoms with Crippen molar-refractivity contribution in [2.45, 2.75) is 13.0 Å². The molecule has 1 heterocycles. The summed E-state index contributed by atoms with van der Waals surface area (Å²) < 4.78 is 31.6. The van der Waals surface area contributed by atoms with Gasteiger partial charge in [-0.1, -0.05) is 12.1 Å². The first-order valence-electron chi connectivity index (χ1n) is 8.48. The molecule has 4 nitrogen and oxygen atoms in total. The Labute approximate surface area is 157 Å². The molecule has 0 spiro atoms. The van der Waals surface area contributed by atoms with E-state index in [9.17, 15) is 8.78 Å². The molecule has 0 amide bonds. The number of morpholine rings is 1. The molecule has 0 bridgehead atoms. The van der Waals surface area contributed by atoms with Gasteiger partial charge in [0.2, 0.25) is 0 Å². The highest BCUT2D eigenvalue weighted by molar-refractivity contribution is 7.80. The lowest BCUT2D eigenvalue weighted by atomic mass is 10.1. The van der Waals surface area contributed by atoms with Crippen LogP contribution in [0.2, 0.25) is 0 Å². The van der Waals surface area contributed by atoms with E-state index >= 15 is 0 Å². The molecule has 2 aromatic rings. The Morgan fingerprint density at radius 1 is 1.08 bits per heavy atom. The SMILES string of the molecule is CC(NC(=S)Nc1ccc(F)c(F)c1)c1ccc(N2CCOCC2)cc1. The Morgan fingerprint density at radius 2 is 1.77 bits per heavy atom. The van der Waals surface area contributed by atoms with Gasteiger partial charge in [0.1, 0.15) is 0 Å². The summed E-state index contributed by atoms with van der Waals surface area (Å²) >= 11 is 5.26. The highest BCUT2D eigenvalue weighted by Gasteiger charge is 2.13. The van der Waals surface area contributed by atoms with E-state index in [1.54, 1.807) is 0 Å². The van der Waals surface area contributed by atoms with Crippen LogP contribution in [0.5, 0.6) is 0 Å². The van der Waals surface area contributed by atoms with E-state index in [0.717, 1.165) is 44.0 Å². The van der Waals surface area contributed by atoms with Crippen molar-refractivity contribution in [1.29, 1.82) is 0 Å². The number of thiocarbonyl (C=S) groups is 1. The maximum absolute atomic E-state index is 13.3. The molecule has 1 aliphatic rings. The second-order valence-corrected chi connectivity index (χ2v) is 6.55. The predicted octanol–water partition coefficient (Wildman–Crippen LogP) is 3.85. The van der Waals surface area contributed by atoms with Gasteiger partial charge in [0, 0.05) is 30.5 Å². The summed E-state index contributed by atoms with van der Waals surface area (Å²) in [6.07, 6.45) is 0. The number of anilines is 2. The van der Waals surface area contributed by atoms with Gasteiger partial charge < -0.3 is 20.3 Å². The molecule has 2 N–H and O–H groups in total. The Hall–Kier alpha value is -2.25. The normalized spacial score (nSPS) is 15.4. The molecule has 0 radical (unpaired) electrons. The summed E-state index contributed by atoms with van der Waals surface area (Å²) in [5.41, 5.74) is 2.65. The standard InChI is InChI=1S/C19H21F2N3OS/c1-13(22-19(26)23-15-4-7-17(20)18(21)12-15)14-2-5-16(6-3-14)24-8-10-25-11-9-24/h2-7,12-13H,8-11H2,1H3,(H2,22,23,26). The van der Waals surface area contributed by atoms with Gasteiger partial charge in [-0.3, -0.25) is 0 Å². The molecule has 0 aliphatic carbocycles. The van der Waals surface area contributed by atoms with Gasteiger partial charge in [-0.2, -0.15) is 0 Å². The maximum Gasteiger partial charge on any atom is 0.171 e. The zero-order chi connectivity index (χ0) is 18.5. The monoisotopic (exact) mass is 377 g/mol. The molecule has 3 rings (SSSR count). The quantitative estimate of drug-likeness (QED) is 0.792. The van der Waals surface area contributed by atoms with E-state index in [-0.39, 0.29) is 6.04 Å². The zero-order valence-electron chi connectivity index (χ0n) is 14.5. The second kappa shape index (κ2) is 8.42. The fraction of sp³-hybridized carbons (Fsp3) is 0.316. The molecule has 138 valence electrons. The molecule has 0 aromatic heterocycles. The van der Waals surface area contributed by atoms with Crippen LogP contribution in [0.25, 0.3) is 0 Å². The van der Waals surface area contributed by atoms with Gasteiger partial charge in [-0.05, 0) is 49.0 Å². The third-order valence-corrected chi connectivity index (χ3v) is 4.51. The summed E-state index contributed by atoms with van der Waals surface area (Å²) in [6.45, 7) is 5.29. The van der Waals surface area contributed by atoms with Crippen LogP contribution >= 0.6 is 12.2 Å². The Bertz CT molecular complexity index is 764. The van der Waals surface area contributed by atoms with Crippen molar-refractivity contribution in [1.82, 2.24) is 5.32 Å². The molecular formula is C19H21F2N3OS. The Morgan fingerprint density at radius 3 is 2.42 bits per heavy atom. The number of hydrogen-bond acceptors (Lipinski definition) is 3. The fourth-order valence-electron chi connectivity index (χ4n) is 2.82. The van der Waals surface area contributed by atoms with Gasteiger partial charge in [-0.15, -0.1) is 0 Å². The average Bonchev–Trinajstić information content (AvgIpc) is 2.65. The van der Waals surface area contributed by atoms with E-state index in [0.29, 0.717) is 10.8 Å². The molecule has 0 saturated carbocycles. The van der Waals surface area contributed by atoms with Crippen LogP contribution in [0.4, 0.5) is 20.2 Å². The van der Waals surface area contributed by atoms with E-state index < -0.39 is 11.6 Å². The van der Waals surface area contributed by atoms with E-state index in [2.05, 4.69) is 39.8 Å². The lowest BCUT2D eigenvalue weighted by molar-refractivity contribution is 0.122. The van der Waals surface area contributed by atoms with Crippen LogP contribution in [0.3, 0.4) is 0 Å². The molecule has 26 heavy (non-hydrogen) atoms. The first kappa shape index (κ1) is 18.5. The van der Waals surface area contributed by atoms with Crippen molar-refractivity contribution in [2.24, 2.45) is 0 Å². The number of ether oxygens (including phenoxy) is 1. The number of rotatable bonds is 4. The van der Waals surface area contributed by atoms with Gasteiger partial charge in [0.25, 0.3) is 0 Å². The summed E-state index contributed by atoms with van der Waals surface area (Å²) in [6, 6.07) is 11.8. The summed E-state index contributed by atoms with van der Waals surface area (Å²) in [5.74, 6) is -1.80. The fourth-order valence-corrected chi connectivity index (χ4v) is 3.11. The van der Waals surface area contributed by atoms with Gasteiger partial charge in [0.15, 0.2) is 16.7 Å². The third-order valence-electron chi connectivity index (χ3n) is 4.29. The van der Waals surface area contributed by atoms with Crippen LogP contribution in [0.15, 0.2) is 42.5 Å². The zero-order valence-corrected chi connectivity index (χ0v) is 15.3. The predicted molar refractivity (Wildman–Crippen MR) is 104 cm³/mol. The van der Waals surface area contributed by atoms with Crippen LogP contribution in [0, 0.1) is 11.6 Å². The third kappa shape index (κ3) is 4.68. The smallest absolute Gasteiger partial charge is 0.171 e. The number of hydrogen-bond donors (Lipinski definition) is 2. The molecule has 1 fully saturated rings. The first-order chi connectivity index (χ1) is 12.5. The maximum atomic E-state index is 13.3. The molecular weight excluding hydrogens is 356 g/mol. The van der Waals surface area contributed by atoms with Crippen LogP contribution in [0.1, 0.15) is 18.5 Å². The highest BCUT2D eigenvalue weighted by Crippen LogP contribution is 2.20. The van der Waals surface area contributed by atoms with Gasteiger partial charge in [-0.25, -0.2) is 8.78 Å². The lowest BCUT2D eigenvalue weighted by Gasteiger charge is -2.29. The minimum atomic E-state index is -0.912. The number of benzene rings is 2. The van der Waals surface area contributed by atoms with Gasteiger partial charge in [0.05, 0.1) is 19.3 Å². The molecule has 2 aromatic carbocycles. The Balaban J connectivity index is 1.57. The number of nitrogens with zero attached hydrogens (tertiary/aromatic N) is 1. The average molecular weight is 377 g/mol. The van der Waals surface area contributed by atoms with Crippen LogP contribution in [-0.4, -0.2) is 31.4 Å². The number of halogens is 2. The highest BCUT2D eigenvalue weighted by atomic mass is 32.1. The minimum Gasteiger partial charge on any atom is -0.378 e. The molecule has 7 heteroatoms. The molecule has 1 atom stereocenters. The van der Waals surface area contributed by atoms with Crippen molar-refractivity contribution in [3.63, 3.8) is 0 Å². The van der Waals surface area contributed by atoms with Crippen LogP contribution in [-0.2, 0) is 4.74 Å². The van der Waals surface area contributed by atoms with Gasteiger partial charge >= 0.3 is 0 Å². The molecule has 1 unspecified atom stereocenters. The van der Waals surface area contributed by atoms with Crippen molar-refractivity contribution < 1.29 is 13.5 Å². The molecule has 1 aliphatic heterocycles. The van der Waals surface area contributed by atoms with E-state index in [1.807, 2.05) is 6.92 Å². The summed E-state index contributed by atoms with van der Waals surface area (Å²) in [5, 5.41) is 6.36. The van der Waals surface area contributed by atoms with E-state index in [4.69, 9.17) is 17.0 Å². The lowest BCUT2D eigenvalue weighted by Crippen LogP contribution is -2.36. The van der Waals surface area contributed by atoms with E-state index in [1.165, 1.54) is 11.8 Å². The molecule has 1 saturated heterocycles. The first-order valence-corrected chi connectivity index (χ1v) is 8.89. The Kier molecular flexibility index (Phi) is 6.00. The summed E-state index contributed by atoms with van der Waals surface area (Å²) in [7, 11) is 0. The second-order valence-electron chi connectivity index (χ2n) is 6.14. The van der Waals surface area contributed by atoms with Crippen molar-refractivity contribution in [2.75, 3.05) is 36.5 Å². The topological polar surface area (TPSA) is 36.5 Å².